The van der Waals surface area contributed by atoms with Crippen LogP contribution in [-0.4, -0.2) is 0 Å². The summed E-state index contributed by atoms with van der Waals surface area (Å²) < 4.78 is 38.3. The highest BCUT2D eigenvalue weighted by Gasteiger charge is 2.31. The van der Waals surface area contributed by atoms with E-state index in [-0.39, 0.29) is 5.41 Å². The molecule has 0 unspecified atom stereocenters. The van der Waals surface area contributed by atoms with Crippen LogP contribution in [0, 0.1) is 0 Å². The minimum absolute atomic E-state index is 0.282. The van der Waals surface area contributed by atoms with Gasteiger partial charge in [0.2, 0.25) is 0 Å². The fourth-order valence-corrected chi connectivity index (χ4v) is 2.75. The highest BCUT2D eigenvalue weighted by atomic mass is 19.4. The van der Waals surface area contributed by atoms with Crippen molar-refractivity contribution in [3.05, 3.63) is 77.4 Å². The van der Waals surface area contributed by atoms with Crippen molar-refractivity contribution < 1.29 is 13.2 Å². The Bertz CT molecular complexity index is 654. The SMILES string of the molecule is CCCC[C@@](C)(/C=C/c1ccccc1)c1ccc(C(F)(F)F)cc1. The molecule has 0 saturated carbocycles. The zero-order valence-corrected chi connectivity index (χ0v) is 14.1. The van der Waals surface area contributed by atoms with Crippen LogP contribution in [0.3, 0.4) is 0 Å². The van der Waals surface area contributed by atoms with Crippen LogP contribution in [0.25, 0.3) is 6.08 Å². The standard InChI is InChI=1S/C21H23F3/c1-3-4-15-20(2,16-14-17-8-6-5-7-9-17)18-10-12-19(13-11-18)21(22,23)24/h5-14,16H,3-4,15H2,1-2H3/b16-14+/t20-/m0/s1. The second-order valence-electron chi connectivity index (χ2n) is 6.34. The summed E-state index contributed by atoms with van der Waals surface area (Å²) in [6.07, 6.45) is 2.84. The number of unbranched alkanes of at least 4 members (excludes halogenated alkanes) is 1. The first kappa shape index (κ1) is 18.3. The fourth-order valence-electron chi connectivity index (χ4n) is 2.75. The molecule has 0 amide bonds. The van der Waals surface area contributed by atoms with E-state index in [9.17, 15) is 13.2 Å². The molecule has 128 valence electrons. The van der Waals surface area contributed by atoms with Crippen molar-refractivity contribution >= 4 is 6.08 Å². The molecular weight excluding hydrogens is 309 g/mol. The van der Waals surface area contributed by atoms with Gasteiger partial charge in [-0.15, -0.1) is 0 Å². The number of allylic oxidation sites excluding steroid dienone is 1. The summed E-state index contributed by atoms with van der Waals surface area (Å²) in [4.78, 5) is 0. The van der Waals surface area contributed by atoms with Crippen LogP contribution in [0.1, 0.15) is 49.8 Å². The molecule has 0 aromatic heterocycles. The summed E-state index contributed by atoms with van der Waals surface area (Å²) in [6, 6.07) is 15.5. The van der Waals surface area contributed by atoms with E-state index >= 15 is 0 Å². The summed E-state index contributed by atoms with van der Waals surface area (Å²) in [5.74, 6) is 0. The van der Waals surface area contributed by atoms with Gasteiger partial charge in [0.25, 0.3) is 0 Å². The summed E-state index contributed by atoms with van der Waals surface area (Å²) in [5, 5.41) is 0. The first-order valence-electron chi connectivity index (χ1n) is 8.27. The minimum Gasteiger partial charge on any atom is -0.166 e. The molecule has 24 heavy (non-hydrogen) atoms. The van der Waals surface area contributed by atoms with Crippen molar-refractivity contribution in [3.63, 3.8) is 0 Å². The molecule has 0 fully saturated rings. The third kappa shape index (κ3) is 4.73. The molecule has 2 rings (SSSR count). The first-order valence-corrected chi connectivity index (χ1v) is 8.27. The quantitative estimate of drug-likeness (QED) is 0.541. The van der Waals surface area contributed by atoms with Gasteiger partial charge in [-0.2, -0.15) is 13.2 Å². The normalized spacial score (nSPS) is 14.7. The van der Waals surface area contributed by atoms with Crippen LogP contribution in [-0.2, 0) is 11.6 Å². The molecule has 0 aliphatic rings. The molecule has 0 aliphatic heterocycles. The Morgan fingerprint density at radius 3 is 2.00 bits per heavy atom. The monoisotopic (exact) mass is 332 g/mol. The molecule has 1 atom stereocenters. The zero-order valence-electron chi connectivity index (χ0n) is 14.1. The Labute approximate surface area is 142 Å². The van der Waals surface area contributed by atoms with Crippen LogP contribution in [0.4, 0.5) is 13.2 Å². The van der Waals surface area contributed by atoms with E-state index in [1.54, 1.807) is 12.1 Å². The van der Waals surface area contributed by atoms with Crippen molar-refractivity contribution in [1.29, 1.82) is 0 Å². The molecule has 2 aromatic rings. The van der Waals surface area contributed by atoms with Gasteiger partial charge in [0, 0.05) is 5.41 Å². The van der Waals surface area contributed by atoms with Crippen molar-refractivity contribution in [1.82, 2.24) is 0 Å². The van der Waals surface area contributed by atoms with Gasteiger partial charge in [-0.1, -0.05) is 81.3 Å². The van der Waals surface area contributed by atoms with E-state index in [0.29, 0.717) is 0 Å². The average Bonchev–Trinajstić information content (AvgIpc) is 2.58. The molecule has 0 radical (unpaired) electrons. The van der Waals surface area contributed by atoms with Gasteiger partial charge in [0.05, 0.1) is 5.56 Å². The van der Waals surface area contributed by atoms with Crippen molar-refractivity contribution in [2.75, 3.05) is 0 Å². The van der Waals surface area contributed by atoms with E-state index in [1.165, 1.54) is 12.1 Å². The maximum absolute atomic E-state index is 12.8. The lowest BCUT2D eigenvalue weighted by molar-refractivity contribution is -0.137. The van der Waals surface area contributed by atoms with Crippen LogP contribution in [0.2, 0.25) is 0 Å². The topological polar surface area (TPSA) is 0 Å². The summed E-state index contributed by atoms with van der Waals surface area (Å²) in [7, 11) is 0. The highest BCUT2D eigenvalue weighted by molar-refractivity contribution is 5.52. The highest BCUT2D eigenvalue weighted by Crippen LogP contribution is 2.35. The minimum atomic E-state index is -4.29. The molecule has 0 N–H and O–H groups in total. The summed E-state index contributed by atoms with van der Waals surface area (Å²) in [5.41, 5.74) is 1.12. The number of hydrogen-bond donors (Lipinski definition) is 0. The smallest absolute Gasteiger partial charge is 0.166 e. The van der Waals surface area contributed by atoms with Gasteiger partial charge < -0.3 is 0 Å². The van der Waals surface area contributed by atoms with Crippen LogP contribution in [0.5, 0.6) is 0 Å². The van der Waals surface area contributed by atoms with Crippen molar-refractivity contribution in [2.24, 2.45) is 0 Å². The maximum atomic E-state index is 12.8. The van der Waals surface area contributed by atoms with E-state index in [0.717, 1.165) is 30.4 Å². The first-order chi connectivity index (χ1) is 11.3. The van der Waals surface area contributed by atoms with Crippen LogP contribution < -0.4 is 0 Å². The lowest BCUT2D eigenvalue weighted by atomic mass is 9.77. The molecule has 0 spiro atoms. The van der Waals surface area contributed by atoms with E-state index in [1.807, 2.05) is 36.4 Å². The Morgan fingerprint density at radius 1 is 0.875 bits per heavy atom. The lowest BCUT2D eigenvalue weighted by Gasteiger charge is -2.27. The Hall–Kier alpha value is -2.03. The zero-order chi connectivity index (χ0) is 17.6. The second-order valence-corrected chi connectivity index (χ2v) is 6.34. The van der Waals surface area contributed by atoms with Gasteiger partial charge in [-0.25, -0.2) is 0 Å². The Kier molecular flexibility index (Phi) is 5.87. The van der Waals surface area contributed by atoms with Gasteiger partial charge >= 0.3 is 6.18 Å². The van der Waals surface area contributed by atoms with E-state index in [2.05, 4.69) is 19.9 Å². The van der Waals surface area contributed by atoms with E-state index < -0.39 is 11.7 Å². The molecule has 2 aromatic carbocycles. The molecule has 3 heteroatoms. The van der Waals surface area contributed by atoms with Gasteiger partial charge in [0.1, 0.15) is 0 Å². The van der Waals surface area contributed by atoms with Crippen molar-refractivity contribution in [3.8, 4) is 0 Å². The number of benzene rings is 2. The average molecular weight is 332 g/mol. The molecule has 0 aliphatic carbocycles. The number of rotatable bonds is 6. The second kappa shape index (κ2) is 7.69. The third-order valence-electron chi connectivity index (χ3n) is 4.36. The molecular formula is C21H23F3. The van der Waals surface area contributed by atoms with Gasteiger partial charge in [-0.3, -0.25) is 0 Å². The number of halogens is 3. The largest absolute Gasteiger partial charge is 0.416 e. The summed E-state index contributed by atoms with van der Waals surface area (Å²) in [6.45, 7) is 4.21. The van der Waals surface area contributed by atoms with Crippen LogP contribution >= 0.6 is 0 Å². The Morgan fingerprint density at radius 2 is 1.46 bits per heavy atom. The fraction of sp³-hybridized carbons (Fsp3) is 0.333. The molecule has 0 nitrogen and oxygen atoms in total. The molecule has 0 heterocycles. The van der Waals surface area contributed by atoms with Gasteiger partial charge in [0.15, 0.2) is 0 Å². The summed E-state index contributed by atoms with van der Waals surface area (Å²) >= 11 is 0. The Balaban J connectivity index is 2.31. The predicted octanol–water partition coefficient (Wildman–Crippen LogP) is 6.87. The predicted molar refractivity (Wildman–Crippen MR) is 93.8 cm³/mol. The number of hydrogen-bond acceptors (Lipinski definition) is 0. The number of alkyl halides is 3. The van der Waals surface area contributed by atoms with E-state index in [4.69, 9.17) is 0 Å². The van der Waals surface area contributed by atoms with Crippen LogP contribution in [0.15, 0.2) is 60.7 Å². The maximum Gasteiger partial charge on any atom is 0.416 e. The van der Waals surface area contributed by atoms with Crippen molar-refractivity contribution in [2.45, 2.75) is 44.7 Å². The third-order valence-corrected chi connectivity index (χ3v) is 4.36. The molecule has 0 bridgehead atoms. The van der Waals surface area contributed by atoms with Gasteiger partial charge in [-0.05, 0) is 29.7 Å². The lowest BCUT2D eigenvalue weighted by Crippen LogP contribution is -2.19. The molecule has 0 saturated heterocycles.